The van der Waals surface area contributed by atoms with Crippen LogP contribution in [0, 0.1) is 15.3 Å². The zero-order valence-corrected chi connectivity index (χ0v) is 15.5. The van der Waals surface area contributed by atoms with Crippen LogP contribution in [0.15, 0.2) is 48.5 Å². The van der Waals surface area contributed by atoms with Crippen LogP contribution in [0.25, 0.3) is 0 Å². The molecule has 0 aliphatic carbocycles. The lowest BCUT2D eigenvalue weighted by Gasteiger charge is -2.31. The van der Waals surface area contributed by atoms with E-state index in [1.807, 2.05) is 36.4 Å². The van der Waals surface area contributed by atoms with E-state index in [9.17, 15) is 9.18 Å². The van der Waals surface area contributed by atoms with E-state index in [-0.39, 0.29) is 17.6 Å². The molecule has 3 nitrogen and oxygen atoms in total. The highest BCUT2D eigenvalue weighted by molar-refractivity contribution is 14.1. The van der Waals surface area contributed by atoms with Crippen LogP contribution < -0.4 is 5.32 Å². The Hall–Kier alpha value is -1.47. The van der Waals surface area contributed by atoms with Crippen molar-refractivity contribution in [1.29, 1.82) is 0 Å². The lowest BCUT2D eigenvalue weighted by Crippen LogP contribution is -2.37. The lowest BCUT2D eigenvalue weighted by molar-refractivity contribution is -0.121. The third kappa shape index (κ3) is 4.54. The maximum atomic E-state index is 13.7. The van der Waals surface area contributed by atoms with Crippen LogP contribution in [0.3, 0.4) is 0 Å². The second kappa shape index (κ2) is 8.07. The molecule has 0 unspecified atom stereocenters. The van der Waals surface area contributed by atoms with Gasteiger partial charge in [0.05, 0.1) is 0 Å². The summed E-state index contributed by atoms with van der Waals surface area (Å²) in [5.74, 6) is -0.0426. The second-order valence-corrected chi connectivity index (χ2v) is 7.38. The van der Waals surface area contributed by atoms with E-state index >= 15 is 0 Å². The molecule has 0 atom stereocenters. The van der Waals surface area contributed by atoms with Crippen molar-refractivity contribution in [2.24, 2.45) is 5.92 Å². The summed E-state index contributed by atoms with van der Waals surface area (Å²) in [4.78, 5) is 14.6. The van der Waals surface area contributed by atoms with Gasteiger partial charge < -0.3 is 5.32 Å². The number of hydrogen-bond donors (Lipinski definition) is 1. The fourth-order valence-electron chi connectivity index (χ4n) is 3.00. The summed E-state index contributed by atoms with van der Waals surface area (Å²) in [6.07, 6.45) is 1.62. The molecule has 1 aliphatic heterocycles. The van der Waals surface area contributed by atoms with Gasteiger partial charge in [0.15, 0.2) is 0 Å². The Morgan fingerprint density at radius 2 is 1.79 bits per heavy atom. The summed E-state index contributed by atoms with van der Waals surface area (Å²) in [5.41, 5.74) is 1.56. The summed E-state index contributed by atoms with van der Waals surface area (Å²) in [6, 6.07) is 14.7. The molecule has 1 N–H and O–H groups in total. The van der Waals surface area contributed by atoms with E-state index in [2.05, 4.69) is 32.8 Å². The Morgan fingerprint density at radius 3 is 2.46 bits per heavy atom. The molecule has 1 aliphatic rings. The molecule has 0 saturated carbocycles. The molecule has 1 fully saturated rings. The minimum absolute atomic E-state index is 0.0288. The first-order valence-electron chi connectivity index (χ1n) is 8.14. The fourth-order valence-corrected chi connectivity index (χ4v) is 3.36. The van der Waals surface area contributed by atoms with Crippen molar-refractivity contribution in [3.8, 4) is 0 Å². The van der Waals surface area contributed by atoms with E-state index < -0.39 is 0 Å². The summed E-state index contributed by atoms with van der Waals surface area (Å²) >= 11 is 2.24. The number of amides is 1. The van der Waals surface area contributed by atoms with Crippen LogP contribution >= 0.6 is 22.6 Å². The number of piperidine rings is 1. The summed E-state index contributed by atoms with van der Waals surface area (Å²) in [7, 11) is 0. The van der Waals surface area contributed by atoms with Gasteiger partial charge in [-0.25, -0.2) is 4.39 Å². The SMILES string of the molecule is O=C(Nc1ccc(I)cc1)C1CCN(Cc2ccccc2F)CC1. The minimum atomic E-state index is -0.156. The van der Waals surface area contributed by atoms with Gasteiger partial charge in [-0.1, -0.05) is 18.2 Å². The van der Waals surface area contributed by atoms with Crippen molar-refractivity contribution in [1.82, 2.24) is 4.90 Å². The van der Waals surface area contributed by atoms with E-state index in [0.717, 1.165) is 40.8 Å². The van der Waals surface area contributed by atoms with Crippen molar-refractivity contribution in [3.63, 3.8) is 0 Å². The predicted molar refractivity (Wildman–Crippen MR) is 102 cm³/mol. The third-order valence-corrected chi connectivity index (χ3v) is 5.14. The lowest BCUT2D eigenvalue weighted by atomic mass is 9.95. The van der Waals surface area contributed by atoms with Gasteiger partial charge in [0.25, 0.3) is 0 Å². The van der Waals surface area contributed by atoms with Gasteiger partial charge in [-0.15, -0.1) is 0 Å². The largest absolute Gasteiger partial charge is 0.326 e. The number of nitrogens with one attached hydrogen (secondary N) is 1. The quantitative estimate of drug-likeness (QED) is 0.723. The zero-order chi connectivity index (χ0) is 16.9. The predicted octanol–water partition coefficient (Wildman–Crippen LogP) is 4.28. The molecule has 1 amide bonds. The van der Waals surface area contributed by atoms with Gasteiger partial charge in [0, 0.05) is 27.3 Å². The van der Waals surface area contributed by atoms with E-state index in [4.69, 9.17) is 0 Å². The highest BCUT2D eigenvalue weighted by Crippen LogP contribution is 2.22. The Balaban J connectivity index is 1.50. The normalized spacial score (nSPS) is 16.1. The molecule has 0 aromatic heterocycles. The van der Waals surface area contributed by atoms with E-state index in [1.54, 1.807) is 6.07 Å². The van der Waals surface area contributed by atoms with Crippen molar-refractivity contribution >= 4 is 34.2 Å². The molecule has 2 aromatic carbocycles. The first-order valence-corrected chi connectivity index (χ1v) is 9.22. The highest BCUT2D eigenvalue weighted by Gasteiger charge is 2.25. The number of halogens is 2. The van der Waals surface area contributed by atoms with Gasteiger partial charge in [-0.05, 0) is 78.9 Å². The maximum Gasteiger partial charge on any atom is 0.227 e. The van der Waals surface area contributed by atoms with Gasteiger partial charge in [0.1, 0.15) is 5.82 Å². The number of likely N-dealkylation sites (tertiary alicyclic amines) is 1. The molecule has 24 heavy (non-hydrogen) atoms. The highest BCUT2D eigenvalue weighted by atomic mass is 127. The molecular formula is C19H20FIN2O. The van der Waals surface area contributed by atoms with Crippen molar-refractivity contribution in [2.45, 2.75) is 19.4 Å². The topological polar surface area (TPSA) is 32.3 Å². The molecule has 0 bridgehead atoms. The number of benzene rings is 2. The average molecular weight is 438 g/mol. The van der Waals surface area contributed by atoms with Crippen molar-refractivity contribution in [3.05, 3.63) is 63.5 Å². The molecule has 126 valence electrons. The van der Waals surface area contributed by atoms with Gasteiger partial charge >= 0.3 is 0 Å². The first-order chi connectivity index (χ1) is 11.6. The number of hydrogen-bond acceptors (Lipinski definition) is 2. The fraction of sp³-hybridized carbons (Fsp3) is 0.316. The molecule has 2 aromatic rings. The summed E-state index contributed by atoms with van der Waals surface area (Å²) in [5, 5.41) is 2.99. The molecule has 0 radical (unpaired) electrons. The van der Waals surface area contributed by atoms with Crippen LogP contribution in [0.5, 0.6) is 0 Å². The van der Waals surface area contributed by atoms with Gasteiger partial charge in [0.2, 0.25) is 5.91 Å². The molecular weight excluding hydrogens is 418 g/mol. The molecule has 3 rings (SSSR count). The first kappa shape index (κ1) is 17.4. The van der Waals surface area contributed by atoms with Gasteiger partial charge in [-0.2, -0.15) is 0 Å². The number of rotatable bonds is 4. The number of anilines is 1. The average Bonchev–Trinajstić information content (AvgIpc) is 2.59. The monoisotopic (exact) mass is 438 g/mol. The summed E-state index contributed by atoms with van der Waals surface area (Å²) < 4.78 is 14.9. The van der Waals surface area contributed by atoms with Crippen LogP contribution in [-0.2, 0) is 11.3 Å². The third-order valence-electron chi connectivity index (χ3n) is 4.42. The van der Waals surface area contributed by atoms with E-state index in [0.29, 0.717) is 6.54 Å². The van der Waals surface area contributed by atoms with Crippen LogP contribution in [0.2, 0.25) is 0 Å². The zero-order valence-electron chi connectivity index (χ0n) is 13.3. The van der Waals surface area contributed by atoms with Gasteiger partial charge in [-0.3, -0.25) is 9.69 Å². The minimum Gasteiger partial charge on any atom is -0.326 e. The van der Waals surface area contributed by atoms with Crippen LogP contribution in [0.4, 0.5) is 10.1 Å². The number of nitrogens with zero attached hydrogens (tertiary/aromatic N) is 1. The van der Waals surface area contributed by atoms with Crippen molar-refractivity contribution in [2.75, 3.05) is 18.4 Å². The standard InChI is InChI=1S/C19H20FIN2O/c20-18-4-2-1-3-15(18)13-23-11-9-14(10-12-23)19(24)22-17-7-5-16(21)6-8-17/h1-8,14H,9-13H2,(H,22,24). The molecule has 1 heterocycles. The number of carbonyl (C=O) groups excluding carboxylic acids is 1. The second-order valence-electron chi connectivity index (χ2n) is 6.14. The molecule has 1 saturated heterocycles. The Bertz CT molecular complexity index is 697. The van der Waals surface area contributed by atoms with Crippen LogP contribution in [-0.4, -0.2) is 23.9 Å². The Labute approximate surface area is 155 Å². The smallest absolute Gasteiger partial charge is 0.227 e. The van der Waals surface area contributed by atoms with Crippen LogP contribution in [0.1, 0.15) is 18.4 Å². The Kier molecular flexibility index (Phi) is 5.84. The summed E-state index contributed by atoms with van der Waals surface area (Å²) in [6.45, 7) is 2.25. The maximum absolute atomic E-state index is 13.7. The number of carbonyl (C=O) groups is 1. The van der Waals surface area contributed by atoms with E-state index in [1.165, 1.54) is 6.07 Å². The van der Waals surface area contributed by atoms with Crippen molar-refractivity contribution < 1.29 is 9.18 Å². The molecule has 5 heteroatoms. The molecule has 0 spiro atoms. The Morgan fingerprint density at radius 1 is 1.12 bits per heavy atom.